The number of carboxylic acids is 2. The number of unbranched alkanes of at least 4 members (excludes halogenated alkanes) is 36. The molecule has 49 heavy (non-hydrogen) atoms. The number of carbonyl (C=O) groups excluding carboxylic acids is 1. The van der Waals surface area contributed by atoms with Crippen LogP contribution in [0.5, 0.6) is 0 Å². The normalized spacial score (nSPS) is 10.8. The zero-order chi connectivity index (χ0) is 35.4. The van der Waals surface area contributed by atoms with Crippen molar-refractivity contribution >= 4 is 11.9 Å². The van der Waals surface area contributed by atoms with Gasteiger partial charge in [-0.2, -0.15) is 0 Å². The smallest absolute Gasteiger partial charge is 0.550 e. The van der Waals surface area contributed by atoms with E-state index in [-0.39, 0.29) is 36.0 Å². The van der Waals surface area contributed by atoms with Crippen LogP contribution in [0.1, 0.15) is 271 Å². The van der Waals surface area contributed by atoms with Crippen LogP contribution in [0.2, 0.25) is 0 Å². The molecule has 0 heterocycles. The van der Waals surface area contributed by atoms with Gasteiger partial charge in [-0.1, -0.05) is 245 Å². The number of rotatable bonds is 40. The molecule has 0 aliphatic heterocycles. The van der Waals surface area contributed by atoms with E-state index in [9.17, 15) is 14.7 Å². The largest absolute Gasteiger partial charge is 1.00 e. The molecule has 1 N–H and O–H groups in total. The van der Waals surface area contributed by atoms with E-state index in [0.29, 0.717) is 6.42 Å². The first kappa shape index (κ1) is 53.3. The van der Waals surface area contributed by atoms with Crippen LogP contribution < -0.4 is 34.7 Å². The summed E-state index contributed by atoms with van der Waals surface area (Å²) in [6, 6.07) is 0. The van der Waals surface area contributed by atoms with Gasteiger partial charge in [-0.15, -0.1) is 0 Å². The van der Waals surface area contributed by atoms with Crippen LogP contribution in [0.15, 0.2) is 0 Å². The Hall–Kier alpha value is -0.0600. The first-order valence-corrected chi connectivity index (χ1v) is 22.0. The SMILES string of the molecule is CCCCCCCCCCCCCCCCCCCCCC(=O)O.CCCCCCCCCCCCCCCCCCCCCC(=O)[O-].[Na+]. The molecule has 288 valence electrons. The molecule has 0 amide bonds. The Bertz CT molecular complexity index is 560. The topological polar surface area (TPSA) is 77.4 Å². The summed E-state index contributed by atoms with van der Waals surface area (Å²) in [6.45, 7) is 4.56. The third-order valence-corrected chi connectivity index (χ3v) is 9.98. The van der Waals surface area contributed by atoms with Crippen molar-refractivity contribution in [2.45, 2.75) is 271 Å². The third-order valence-electron chi connectivity index (χ3n) is 9.98. The number of aliphatic carboxylic acids is 2. The zero-order valence-electron chi connectivity index (χ0n) is 34.0. The minimum Gasteiger partial charge on any atom is -0.550 e. The average molecular weight is 703 g/mol. The molecule has 0 aliphatic rings. The standard InChI is InChI=1S/2C22H44O2.Na/c2*1-2-3-4-5-6-7-8-9-10-11-12-13-14-15-16-17-18-19-20-21-22(23)24;/h2*2-21H2,1H3,(H,23,24);/q;;+1/p-1. The van der Waals surface area contributed by atoms with Gasteiger partial charge in [0.05, 0.1) is 0 Å². The maximum atomic E-state index is 10.4. The molecule has 0 aromatic carbocycles. The van der Waals surface area contributed by atoms with Crippen molar-refractivity contribution in [1.82, 2.24) is 0 Å². The molecule has 0 saturated carbocycles. The van der Waals surface area contributed by atoms with E-state index in [2.05, 4.69) is 13.8 Å². The molecule has 0 atom stereocenters. The van der Waals surface area contributed by atoms with Gasteiger partial charge in [-0.05, 0) is 19.3 Å². The van der Waals surface area contributed by atoms with Crippen molar-refractivity contribution in [3.63, 3.8) is 0 Å². The molecule has 4 nitrogen and oxygen atoms in total. The molecule has 5 heteroatoms. The first-order chi connectivity index (χ1) is 23.5. The first-order valence-electron chi connectivity index (χ1n) is 22.0. The summed E-state index contributed by atoms with van der Waals surface area (Å²) in [6.07, 6.45) is 51.8. The molecule has 0 fully saturated rings. The van der Waals surface area contributed by atoms with E-state index in [1.807, 2.05) is 0 Å². The Labute approximate surface area is 330 Å². The van der Waals surface area contributed by atoms with Crippen LogP contribution in [0, 0.1) is 0 Å². The molecular formula is C44H87NaO4. The average Bonchev–Trinajstić information content (AvgIpc) is 3.07. The third kappa shape index (κ3) is 57.5. The quantitative estimate of drug-likeness (QED) is 0.0509. The summed E-state index contributed by atoms with van der Waals surface area (Å²) in [5.74, 6) is -1.55. The maximum Gasteiger partial charge on any atom is 1.00 e. The second-order valence-corrected chi connectivity index (χ2v) is 15.0. The van der Waals surface area contributed by atoms with Gasteiger partial charge in [0.2, 0.25) is 0 Å². The second-order valence-electron chi connectivity index (χ2n) is 15.0. The van der Waals surface area contributed by atoms with Crippen molar-refractivity contribution in [2.24, 2.45) is 0 Å². The Morgan fingerprint density at radius 2 is 0.490 bits per heavy atom. The van der Waals surface area contributed by atoms with Gasteiger partial charge in [0.15, 0.2) is 0 Å². The molecular weight excluding hydrogens is 615 g/mol. The molecule has 0 rings (SSSR count). The minimum absolute atomic E-state index is 0. The summed E-state index contributed by atoms with van der Waals surface area (Å²) in [5, 5.41) is 18.8. The van der Waals surface area contributed by atoms with Gasteiger partial charge in [0.25, 0.3) is 0 Å². The van der Waals surface area contributed by atoms with Crippen LogP contribution in [-0.4, -0.2) is 17.0 Å². The molecule has 0 radical (unpaired) electrons. The fourth-order valence-electron chi connectivity index (χ4n) is 6.70. The Morgan fingerprint density at radius 1 is 0.327 bits per heavy atom. The van der Waals surface area contributed by atoms with Crippen molar-refractivity contribution in [2.75, 3.05) is 0 Å². The van der Waals surface area contributed by atoms with Crippen LogP contribution in [0.25, 0.3) is 0 Å². The van der Waals surface area contributed by atoms with E-state index in [1.165, 1.54) is 218 Å². The number of hydrogen-bond acceptors (Lipinski definition) is 3. The van der Waals surface area contributed by atoms with Gasteiger partial charge in [0.1, 0.15) is 0 Å². The predicted octanol–water partition coefficient (Wildman–Crippen LogP) is 11.5. The molecule has 0 bridgehead atoms. The summed E-state index contributed by atoms with van der Waals surface area (Å²) in [7, 11) is 0. The molecule has 0 saturated heterocycles. The molecule has 0 aromatic rings. The molecule has 0 spiro atoms. The zero-order valence-corrected chi connectivity index (χ0v) is 36.0. The van der Waals surface area contributed by atoms with Crippen molar-refractivity contribution < 1.29 is 49.4 Å². The van der Waals surface area contributed by atoms with Gasteiger partial charge in [-0.3, -0.25) is 4.79 Å². The van der Waals surface area contributed by atoms with Crippen LogP contribution >= 0.6 is 0 Å². The fourth-order valence-corrected chi connectivity index (χ4v) is 6.70. The number of hydrogen-bond donors (Lipinski definition) is 1. The van der Waals surface area contributed by atoms with Crippen molar-refractivity contribution in [1.29, 1.82) is 0 Å². The number of carbonyl (C=O) groups is 2. The van der Waals surface area contributed by atoms with Crippen LogP contribution in [-0.2, 0) is 9.59 Å². The van der Waals surface area contributed by atoms with E-state index < -0.39 is 11.9 Å². The Balaban J connectivity index is -0.000000846. The molecule has 0 aliphatic carbocycles. The Morgan fingerprint density at radius 3 is 0.653 bits per heavy atom. The summed E-state index contributed by atoms with van der Waals surface area (Å²) in [5.41, 5.74) is 0. The predicted molar refractivity (Wildman–Crippen MR) is 209 cm³/mol. The Kier molecular flexibility index (Phi) is 54.4. The van der Waals surface area contributed by atoms with E-state index in [1.54, 1.807) is 0 Å². The van der Waals surface area contributed by atoms with E-state index in [0.717, 1.165) is 25.7 Å². The summed E-state index contributed by atoms with van der Waals surface area (Å²) in [4.78, 5) is 20.7. The monoisotopic (exact) mass is 703 g/mol. The van der Waals surface area contributed by atoms with Gasteiger partial charge in [0, 0.05) is 12.4 Å². The van der Waals surface area contributed by atoms with Crippen LogP contribution in [0.3, 0.4) is 0 Å². The van der Waals surface area contributed by atoms with Gasteiger partial charge in [-0.25, -0.2) is 0 Å². The fraction of sp³-hybridized carbons (Fsp3) is 0.955. The number of carboxylic acid groups (broad SMARTS) is 2. The van der Waals surface area contributed by atoms with E-state index >= 15 is 0 Å². The van der Waals surface area contributed by atoms with Crippen molar-refractivity contribution in [3.05, 3.63) is 0 Å². The van der Waals surface area contributed by atoms with Gasteiger partial charge >= 0.3 is 35.5 Å². The summed E-state index contributed by atoms with van der Waals surface area (Å²) >= 11 is 0. The second kappa shape index (κ2) is 50.0. The van der Waals surface area contributed by atoms with Gasteiger partial charge < -0.3 is 15.0 Å². The van der Waals surface area contributed by atoms with E-state index in [4.69, 9.17) is 5.11 Å². The van der Waals surface area contributed by atoms with Crippen LogP contribution in [0.4, 0.5) is 0 Å². The van der Waals surface area contributed by atoms with Crippen molar-refractivity contribution in [3.8, 4) is 0 Å². The maximum absolute atomic E-state index is 10.4. The minimum atomic E-state index is -0.901. The molecule has 0 unspecified atom stereocenters. The molecule has 0 aromatic heterocycles. The summed E-state index contributed by atoms with van der Waals surface area (Å²) < 4.78 is 0.